The molecule has 2 nitrogen and oxygen atoms in total. The fourth-order valence-electron chi connectivity index (χ4n) is 0.620. The highest BCUT2D eigenvalue weighted by atomic mass is 79.9. The van der Waals surface area contributed by atoms with Crippen LogP contribution in [0.3, 0.4) is 0 Å². The van der Waals surface area contributed by atoms with Crippen LogP contribution in [0.5, 0.6) is 0 Å². The Morgan fingerprint density at radius 2 is 1.92 bits per heavy atom. The predicted molar refractivity (Wildman–Crippen MR) is 50.3 cm³/mol. The first kappa shape index (κ1) is 11.6. The van der Waals surface area contributed by atoms with Crippen LogP contribution >= 0.6 is 15.9 Å². The zero-order valence-electron chi connectivity index (χ0n) is 6.67. The Hall–Kier alpha value is -1.39. The fourth-order valence-corrected chi connectivity index (χ4v) is 0.969. The smallest absolute Gasteiger partial charge is 0.181 e. The lowest BCUT2D eigenvalue weighted by atomic mass is 10.2. The van der Waals surface area contributed by atoms with Crippen LogP contribution in [-0.2, 0) is 5.33 Å². The monoisotopic (exact) mass is 240 g/mol. The Bertz CT molecular complexity index is 326. The van der Waals surface area contributed by atoms with Gasteiger partial charge in [0.2, 0.25) is 0 Å². The summed E-state index contributed by atoms with van der Waals surface area (Å²) in [6.07, 6.45) is 0. The summed E-state index contributed by atoms with van der Waals surface area (Å²) in [6, 6.07) is 8.99. The molecular formula is C9H6BrFN2. The summed E-state index contributed by atoms with van der Waals surface area (Å²) in [6.45, 7) is 0. The zero-order chi connectivity index (χ0) is 10.1. The lowest BCUT2D eigenvalue weighted by Crippen LogP contribution is -1.77. The van der Waals surface area contributed by atoms with Gasteiger partial charge in [0, 0.05) is 5.33 Å². The SMILES string of the molecule is Fc1cccc(CBr)c1.N#CC#N. The summed E-state index contributed by atoms with van der Waals surface area (Å²) in [5, 5.41) is 15.2. The van der Waals surface area contributed by atoms with Crippen LogP contribution < -0.4 is 0 Å². The van der Waals surface area contributed by atoms with E-state index in [1.807, 2.05) is 6.07 Å². The van der Waals surface area contributed by atoms with Crippen molar-refractivity contribution in [3.8, 4) is 12.1 Å². The molecule has 0 aliphatic rings. The first-order chi connectivity index (χ1) is 6.24. The first-order valence-electron chi connectivity index (χ1n) is 3.33. The van der Waals surface area contributed by atoms with E-state index in [4.69, 9.17) is 10.5 Å². The van der Waals surface area contributed by atoms with Crippen molar-refractivity contribution in [2.24, 2.45) is 0 Å². The van der Waals surface area contributed by atoms with Crippen LogP contribution in [0, 0.1) is 28.5 Å². The molecule has 0 heterocycles. The van der Waals surface area contributed by atoms with Crippen molar-refractivity contribution < 1.29 is 4.39 Å². The second kappa shape index (κ2) is 7.27. The fraction of sp³-hybridized carbons (Fsp3) is 0.111. The molecule has 4 heteroatoms. The van der Waals surface area contributed by atoms with Gasteiger partial charge in [0.05, 0.1) is 0 Å². The summed E-state index contributed by atoms with van der Waals surface area (Å²) < 4.78 is 12.3. The second-order valence-corrected chi connectivity index (χ2v) is 2.55. The Morgan fingerprint density at radius 1 is 1.31 bits per heavy atom. The molecule has 0 spiro atoms. The lowest BCUT2D eigenvalue weighted by molar-refractivity contribution is 0.626. The van der Waals surface area contributed by atoms with Crippen molar-refractivity contribution in [2.45, 2.75) is 5.33 Å². The van der Waals surface area contributed by atoms with E-state index >= 15 is 0 Å². The van der Waals surface area contributed by atoms with E-state index in [9.17, 15) is 4.39 Å². The van der Waals surface area contributed by atoms with Gasteiger partial charge in [-0.25, -0.2) is 4.39 Å². The van der Waals surface area contributed by atoms with Crippen molar-refractivity contribution in [2.75, 3.05) is 0 Å². The summed E-state index contributed by atoms with van der Waals surface area (Å²) in [5.41, 5.74) is 0.968. The van der Waals surface area contributed by atoms with E-state index in [2.05, 4.69) is 15.9 Å². The number of hydrogen-bond donors (Lipinski definition) is 0. The van der Waals surface area contributed by atoms with E-state index in [0.29, 0.717) is 5.33 Å². The van der Waals surface area contributed by atoms with Crippen LogP contribution in [0.4, 0.5) is 4.39 Å². The second-order valence-electron chi connectivity index (χ2n) is 1.99. The van der Waals surface area contributed by atoms with E-state index in [0.717, 1.165) is 5.56 Å². The van der Waals surface area contributed by atoms with Crippen LogP contribution in [0.15, 0.2) is 24.3 Å². The van der Waals surface area contributed by atoms with Crippen molar-refractivity contribution in [1.82, 2.24) is 0 Å². The van der Waals surface area contributed by atoms with Crippen LogP contribution in [0.1, 0.15) is 5.56 Å². The molecule has 0 aliphatic heterocycles. The third-order valence-corrected chi connectivity index (χ3v) is 1.74. The van der Waals surface area contributed by atoms with Crippen molar-refractivity contribution >= 4 is 15.9 Å². The Labute approximate surface area is 84.4 Å². The summed E-state index contributed by atoms with van der Waals surface area (Å²) in [4.78, 5) is 0. The summed E-state index contributed by atoms with van der Waals surface area (Å²) >= 11 is 3.22. The summed E-state index contributed by atoms with van der Waals surface area (Å²) in [5.74, 6) is -0.174. The van der Waals surface area contributed by atoms with E-state index in [-0.39, 0.29) is 5.82 Å². The van der Waals surface area contributed by atoms with Gasteiger partial charge in [0.15, 0.2) is 12.1 Å². The molecule has 1 aromatic rings. The third-order valence-electron chi connectivity index (χ3n) is 1.09. The Balaban J connectivity index is 0.000000310. The van der Waals surface area contributed by atoms with Gasteiger partial charge in [-0.15, -0.1) is 0 Å². The molecule has 0 bridgehead atoms. The number of nitrogens with zero attached hydrogens (tertiary/aromatic N) is 2. The highest BCUT2D eigenvalue weighted by molar-refractivity contribution is 9.08. The number of halogens is 2. The molecular weight excluding hydrogens is 235 g/mol. The number of benzene rings is 1. The molecule has 0 aromatic heterocycles. The molecule has 0 saturated heterocycles. The number of hydrogen-bond acceptors (Lipinski definition) is 2. The molecule has 0 saturated carbocycles. The molecule has 13 heavy (non-hydrogen) atoms. The van der Waals surface area contributed by atoms with Gasteiger partial charge >= 0.3 is 0 Å². The molecule has 0 unspecified atom stereocenters. The molecule has 0 amide bonds. The maximum Gasteiger partial charge on any atom is 0.181 e. The predicted octanol–water partition coefficient (Wildman–Crippen LogP) is 2.75. The largest absolute Gasteiger partial charge is 0.207 e. The van der Waals surface area contributed by atoms with Gasteiger partial charge in [-0.05, 0) is 17.7 Å². The summed E-state index contributed by atoms with van der Waals surface area (Å²) in [7, 11) is 0. The highest BCUT2D eigenvalue weighted by Gasteiger charge is 1.89. The first-order valence-corrected chi connectivity index (χ1v) is 4.45. The van der Waals surface area contributed by atoms with Gasteiger partial charge < -0.3 is 0 Å². The van der Waals surface area contributed by atoms with Crippen molar-refractivity contribution in [3.05, 3.63) is 35.6 Å². The van der Waals surface area contributed by atoms with Gasteiger partial charge in [0.25, 0.3) is 0 Å². The molecule has 0 atom stereocenters. The third kappa shape index (κ3) is 5.84. The average molecular weight is 241 g/mol. The van der Waals surface area contributed by atoms with Crippen molar-refractivity contribution in [3.63, 3.8) is 0 Å². The zero-order valence-corrected chi connectivity index (χ0v) is 8.25. The standard InChI is InChI=1S/C7H6BrF.C2N2/c8-5-6-2-1-3-7(9)4-6;3-1-2-4/h1-4H,5H2;. The topological polar surface area (TPSA) is 47.6 Å². The molecule has 66 valence electrons. The minimum atomic E-state index is -0.174. The van der Waals surface area contributed by atoms with Crippen LogP contribution in [0.25, 0.3) is 0 Å². The maximum atomic E-state index is 12.3. The van der Waals surface area contributed by atoms with E-state index < -0.39 is 0 Å². The molecule has 0 N–H and O–H groups in total. The van der Waals surface area contributed by atoms with Crippen LogP contribution in [0.2, 0.25) is 0 Å². The minimum absolute atomic E-state index is 0.174. The van der Waals surface area contributed by atoms with Gasteiger partial charge in [-0.1, -0.05) is 28.1 Å². The molecule has 0 radical (unpaired) electrons. The van der Waals surface area contributed by atoms with Gasteiger partial charge in [-0.3, -0.25) is 0 Å². The maximum absolute atomic E-state index is 12.3. The molecule has 1 aromatic carbocycles. The molecule has 1 rings (SSSR count). The molecule has 0 fully saturated rings. The number of nitriles is 2. The average Bonchev–Trinajstić information content (AvgIpc) is 2.18. The number of rotatable bonds is 1. The quantitative estimate of drug-likeness (QED) is 0.709. The molecule has 0 aliphatic carbocycles. The Morgan fingerprint density at radius 3 is 2.23 bits per heavy atom. The van der Waals surface area contributed by atoms with Gasteiger partial charge in [-0.2, -0.15) is 10.5 Å². The Kier molecular flexibility index (Phi) is 6.49. The normalized spacial score (nSPS) is 7.38. The van der Waals surface area contributed by atoms with E-state index in [1.165, 1.54) is 24.3 Å². The lowest BCUT2D eigenvalue weighted by Gasteiger charge is -1.91. The van der Waals surface area contributed by atoms with Crippen molar-refractivity contribution in [1.29, 1.82) is 10.5 Å². The highest BCUT2D eigenvalue weighted by Crippen LogP contribution is 2.06. The van der Waals surface area contributed by atoms with Gasteiger partial charge in [0.1, 0.15) is 5.82 Å². The van der Waals surface area contributed by atoms with Crippen LogP contribution in [-0.4, -0.2) is 0 Å². The number of alkyl halides is 1. The van der Waals surface area contributed by atoms with E-state index in [1.54, 1.807) is 6.07 Å². The minimum Gasteiger partial charge on any atom is -0.207 e.